The van der Waals surface area contributed by atoms with Crippen molar-refractivity contribution in [3.63, 3.8) is 0 Å². The van der Waals surface area contributed by atoms with Crippen LogP contribution in [-0.4, -0.2) is 16.9 Å². The third-order valence-electron chi connectivity index (χ3n) is 1.47. The van der Waals surface area contributed by atoms with Crippen molar-refractivity contribution in [2.75, 3.05) is 12.5 Å². The van der Waals surface area contributed by atoms with Crippen molar-refractivity contribution in [2.45, 2.75) is 13.8 Å². The maximum atomic E-state index is 4.04. The van der Waals surface area contributed by atoms with Gasteiger partial charge >= 0.3 is 0 Å². The Balaban J connectivity index is 3.04. The van der Waals surface area contributed by atoms with Gasteiger partial charge in [0.2, 0.25) is 0 Å². The van der Waals surface area contributed by atoms with Crippen LogP contribution in [0.25, 0.3) is 0 Å². The number of aryl methyl sites for hydroxylation is 1. The molecule has 0 spiro atoms. The fraction of sp³-hybridized carbons (Fsp3) is 0.500. The summed E-state index contributed by atoms with van der Waals surface area (Å²) >= 11 is 0. The van der Waals surface area contributed by atoms with Crippen molar-refractivity contribution in [3.8, 4) is 0 Å². The molecule has 0 aliphatic rings. The molecule has 9 heavy (non-hydrogen) atoms. The van der Waals surface area contributed by atoms with Crippen molar-refractivity contribution in [1.82, 2.24) is 9.89 Å². The highest BCUT2D eigenvalue weighted by Crippen LogP contribution is 2.00. The van der Waals surface area contributed by atoms with Crippen molar-refractivity contribution in [1.29, 1.82) is 0 Å². The molecule has 0 fully saturated rings. The lowest BCUT2D eigenvalue weighted by molar-refractivity contribution is 0.754. The van der Waals surface area contributed by atoms with Crippen LogP contribution in [0.5, 0.6) is 0 Å². The summed E-state index contributed by atoms with van der Waals surface area (Å²) in [6.45, 7) is 4.06. The molecule has 3 nitrogen and oxygen atoms in total. The molecule has 0 aliphatic carbocycles. The van der Waals surface area contributed by atoms with Gasteiger partial charge in [0.15, 0.2) is 0 Å². The van der Waals surface area contributed by atoms with Crippen LogP contribution in [0.1, 0.15) is 11.3 Å². The summed E-state index contributed by atoms with van der Waals surface area (Å²) in [5.74, 6) is 0. The maximum Gasteiger partial charge on any atom is 0.0617 e. The van der Waals surface area contributed by atoms with E-state index in [1.807, 2.05) is 27.1 Å². The van der Waals surface area contributed by atoms with Gasteiger partial charge in [-0.2, -0.15) is 9.89 Å². The van der Waals surface area contributed by atoms with E-state index in [0.717, 1.165) is 5.69 Å². The Labute approximate surface area is 54.7 Å². The van der Waals surface area contributed by atoms with Crippen LogP contribution in [-0.2, 0) is 0 Å². The molecule has 3 heteroatoms. The Hall–Kier alpha value is -0.990. The fourth-order valence-corrected chi connectivity index (χ4v) is 0.717. The van der Waals surface area contributed by atoms with E-state index >= 15 is 0 Å². The van der Waals surface area contributed by atoms with E-state index in [1.54, 1.807) is 4.79 Å². The predicted molar refractivity (Wildman–Crippen MR) is 37.0 cm³/mol. The molecule has 0 bridgehead atoms. The van der Waals surface area contributed by atoms with Crippen LogP contribution in [0.3, 0.4) is 0 Å². The van der Waals surface area contributed by atoms with Crippen LogP contribution in [0.2, 0.25) is 0 Å². The van der Waals surface area contributed by atoms with Gasteiger partial charge in [-0.3, -0.25) is 0 Å². The van der Waals surface area contributed by atoms with E-state index in [2.05, 4.69) is 10.5 Å². The third kappa shape index (κ3) is 0.896. The molecular formula is C6H11N3. The third-order valence-corrected chi connectivity index (χ3v) is 1.47. The summed E-state index contributed by atoms with van der Waals surface area (Å²) < 4.78 is 0. The van der Waals surface area contributed by atoms with Gasteiger partial charge in [-0.05, 0) is 19.4 Å². The normalized spacial score (nSPS) is 9.67. The molecule has 0 amide bonds. The summed E-state index contributed by atoms with van der Waals surface area (Å²) in [7, 11) is 1.85. The summed E-state index contributed by atoms with van der Waals surface area (Å²) in [6, 6.07) is 0. The standard InChI is InChI=1S/C6H11N3/c1-5-4-8-9(7-3)6(5)2/h4,7H,1-3H3. The van der Waals surface area contributed by atoms with Crippen molar-refractivity contribution in [2.24, 2.45) is 0 Å². The maximum absolute atomic E-state index is 4.04. The zero-order valence-corrected chi connectivity index (χ0v) is 5.97. The minimum absolute atomic E-state index is 1.16. The SMILES string of the molecule is CNn1ncc(C)c1C. The Morgan fingerprint density at radius 3 is 2.44 bits per heavy atom. The first-order chi connectivity index (χ1) is 4.25. The average molecular weight is 125 g/mol. The fourth-order valence-electron chi connectivity index (χ4n) is 0.717. The Bertz CT molecular complexity index is 202. The molecule has 1 aromatic heterocycles. The molecule has 0 saturated heterocycles. The highest BCUT2D eigenvalue weighted by Gasteiger charge is 1.96. The Kier molecular flexibility index (Phi) is 1.42. The van der Waals surface area contributed by atoms with E-state index in [-0.39, 0.29) is 0 Å². The monoisotopic (exact) mass is 125 g/mol. The zero-order valence-electron chi connectivity index (χ0n) is 5.97. The first-order valence-electron chi connectivity index (χ1n) is 2.94. The second kappa shape index (κ2) is 2.09. The molecule has 0 unspecified atom stereocenters. The molecule has 0 aromatic carbocycles. The van der Waals surface area contributed by atoms with E-state index in [1.165, 1.54) is 5.56 Å². The van der Waals surface area contributed by atoms with Gasteiger partial charge in [0.05, 0.1) is 11.9 Å². The number of rotatable bonds is 1. The Morgan fingerprint density at radius 1 is 1.56 bits per heavy atom. The van der Waals surface area contributed by atoms with Crippen molar-refractivity contribution < 1.29 is 0 Å². The molecule has 50 valence electrons. The number of aromatic nitrogens is 2. The second-order valence-corrected chi connectivity index (χ2v) is 2.05. The zero-order chi connectivity index (χ0) is 6.85. The van der Waals surface area contributed by atoms with Crippen molar-refractivity contribution in [3.05, 3.63) is 17.5 Å². The second-order valence-electron chi connectivity index (χ2n) is 2.05. The molecule has 1 N–H and O–H groups in total. The first-order valence-corrected chi connectivity index (χ1v) is 2.94. The highest BCUT2D eigenvalue weighted by atomic mass is 15.5. The Morgan fingerprint density at radius 2 is 2.22 bits per heavy atom. The molecule has 0 radical (unpaired) electrons. The van der Waals surface area contributed by atoms with Gasteiger partial charge in [0, 0.05) is 7.05 Å². The van der Waals surface area contributed by atoms with Gasteiger partial charge in [0.25, 0.3) is 0 Å². The lowest BCUT2D eigenvalue weighted by atomic mass is 10.3. The topological polar surface area (TPSA) is 29.9 Å². The smallest absolute Gasteiger partial charge is 0.0617 e. The minimum atomic E-state index is 1.16. The molecule has 1 aromatic rings. The number of hydrogen-bond acceptors (Lipinski definition) is 2. The van der Waals surface area contributed by atoms with Crippen molar-refractivity contribution >= 4 is 0 Å². The molecule has 1 rings (SSSR count). The van der Waals surface area contributed by atoms with Gasteiger partial charge in [0.1, 0.15) is 0 Å². The van der Waals surface area contributed by atoms with E-state index < -0.39 is 0 Å². The predicted octanol–water partition coefficient (Wildman–Crippen LogP) is 0.673. The molecular weight excluding hydrogens is 114 g/mol. The van der Waals surface area contributed by atoms with E-state index in [0.29, 0.717) is 0 Å². The number of nitrogens with zero attached hydrogens (tertiary/aromatic N) is 2. The van der Waals surface area contributed by atoms with E-state index in [9.17, 15) is 0 Å². The molecule has 0 saturated carbocycles. The average Bonchev–Trinajstić information content (AvgIpc) is 2.15. The van der Waals surface area contributed by atoms with Crippen LogP contribution in [0.15, 0.2) is 6.20 Å². The van der Waals surface area contributed by atoms with Crippen LogP contribution in [0, 0.1) is 13.8 Å². The molecule has 0 atom stereocenters. The molecule has 0 aliphatic heterocycles. The van der Waals surface area contributed by atoms with E-state index in [4.69, 9.17) is 0 Å². The summed E-state index contributed by atoms with van der Waals surface area (Å²) in [4.78, 5) is 1.75. The van der Waals surface area contributed by atoms with Gasteiger partial charge in [-0.15, -0.1) is 0 Å². The van der Waals surface area contributed by atoms with Crippen LogP contribution >= 0.6 is 0 Å². The summed E-state index contributed by atoms with van der Waals surface area (Å²) in [5.41, 5.74) is 5.30. The quantitative estimate of drug-likeness (QED) is 0.598. The minimum Gasteiger partial charge on any atom is -0.313 e. The summed E-state index contributed by atoms with van der Waals surface area (Å²) in [5, 5.41) is 4.04. The summed E-state index contributed by atoms with van der Waals surface area (Å²) in [6.07, 6.45) is 1.84. The molecule has 1 heterocycles. The number of hydrogen-bond donors (Lipinski definition) is 1. The van der Waals surface area contributed by atoms with Crippen LogP contribution in [0.4, 0.5) is 0 Å². The largest absolute Gasteiger partial charge is 0.313 e. The van der Waals surface area contributed by atoms with Crippen LogP contribution < -0.4 is 5.43 Å². The first kappa shape index (κ1) is 6.13. The van der Waals surface area contributed by atoms with Gasteiger partial charge in [-0.1, -0.05) is 0 Å². The lowest BCUT2D eigenvalue weighted by Gasteiger charge is -1.99. The lowest BCUT2D eigenvalue weighted by Crippen LogP contribution is -2.11. The van der Waals surface area contributed by atoms with Gasteiger partial charge < -0.3 is 5.43 Å². The highest BCUT2D eigenvalue weighted by molar-refractivity contribution is 5.13. The number of nitrogens with one attached hydrogen (secondary N) is 1. The van der Waals surface area contributed by atoms with Gasteiger partial charge in [-0.25, -0.2) is 0 Å².